The molecule has 0 spiro atoms. The fraction of sp³-hybridized carbons (Fsp3) is 0.562. The van der Waals surface area contributed by atoms with E-state index in [1.807, 2.05) is 31.2 Å². The summed E-state index contributed by atoms with van der Waals surface area (Å²) in [5.74, 6) is 0.831. The minimum Gasteiger partial charge on any atom is -0.492 e. The maximum absolute atomic E-state index is 5.57. The number of para-hydroxylation sites is 2. The van der Waals surface area contributed by atoms with Gasteiger partial charge in [-0.2, -0.15) is 0 Å². The monoisotopic (exact) mass is 294 g/mol. The molecule has 0 saturated heterocycles. The van der Waals surface area contributed by atoms with Gasteiger partial charge in [0.15, 0.2) is 5.11 Å². The largest absolute Gasteiger partial charge is 0.492 e. The van der Waals surface area contributed by atoms with E-state index in [0.717, 1.165) is 17.9 Å². The van der Waals surface area contributed by atoms with Crippen LogP contribution in [-0.4, -0.2) is 17.8 Å². The van der Waals surface area contributed by atoms with Crippen LogP contribution in [0.5, 0.6) is 5.75 Å². The highest BCUT2D eigenvalue weighted by Gasteiger charge is 2.07. The molecule has 0 saturated carbocycles. The highest BCUT2D eigenvalue weighted by Crippen LogP contribution is 2.23. The van der Waals surface area contributed by atoms with E-state index < -0.39 is 0 Å². The van der Waals surface area contributed by atoms with Crippen molar-refractivity contribution in [3.8, 4) is 5.75 Å². The number of rotatable bonds is 8. The molecule has 20 heavy (non-hydrogen) atoms. The summed E-state index contributed by atoms with van der Waals surface area (Å²) >= 11 is 5.36. The smallest absolute Gasteiger partial charge is 0.171 e. The maximum Gasteiger partial charge on any atom is 0.171 e. The van der Waals surface area contributed by atoms with E-state index in [-0.39, 0.29) is 0 Å². The predicted octanol–water partition coefficient (Wildman–Crippen LogP) is 4.34. The third-order valence-corrected chi connectivity index (χ3v) is 3.27. The maximum atomic E-state index is 5.57. The molecule has 0 radical (unpaired) electrons. The number of hydrogen-bond acceptors (Lipinski definition) is 2. The van der Waals surface area contributed by atoms with Gasteiger partial charge < -0.3 is 15.4 Å². The van der Waals surface area contributed by atoms with Gasteiger partial charge in [-0.25, -0.2) is 0 Å². The Morgan fingerprint density at radius 1 is 1.25 bits per heavy atom. The van der Waals surface area contributed by atoms with Crippen LogP contribution in [-0.2, 0) is 0 Å². The molecule has 1 aromatic carbocycles. The number of thiocarbonyl (C=S) groups is 1. The molecular weight excluding hydrogens is 268 g/mol. The van der Waals surface area contributed by atoms with Gasteiger partial charge >= 0.3 is 0 Å². The van der Waals surface area contributed by atoms with Gasteiger partial charge in [0, 0.05) is 6.04 Å². The van der Waals surface area contributed by atoms with Gasteiger partial charge in [-0.3, -0.25) is 0 Å². The summed E-state index contributed by atoms with van der Waals surface area (Å²) in [6, 6.07) is 8.23. The Labute approximate surface area is 128 Å². The Balaban J connectivity index is 2.45. The lowest BCUT2D eigenvalue weighted by atomic mass is 10.1. The molecule has 112 valence electrons. The van der Waals surface area contributed by atoms with Crippen LogP contribution < -0.4 is 15.4 Å². The molecule has 1 atom stereocenters. The summed E-state index contributed by atoms with van der Waals surface area (Å²) in [6.45, 7) is 7.00. The van der Waals surface area contributed by atoms with Crippen LogP contribution in [0.3, 0.4) is 0 Å². The standard InChI is InChI=1S/C16H26N2OS/c1-4-6-7-10-13(3)17-16(20)18-14-11-8-9-12-15(14)19-5-2/h8-9,11-13H,4-7,10H2,1-3H3,(H2,17,18,20). The Kier molecular flexibility index (Phi) is 8.04. The molecular formula is C16H26N2OS. The third-order valence-electron chi connectivity index (χ3n) is 3.05. The summed E-state index contributed by atoms with van der Waals surface area (Å²) in [5, 5.41) is 7.19. The molecule has 0 aliphatic carbocycles. The molecule has 0 fully saturated rings. The zero-order chi connectivity index (χ0) is 14.8. The summed E-state index contributed by atoms with van der Waals surface area (Å²) in [7, 11) is 0. The van der Waals surface area contributed by atoms with Crippen molar-refractivity contribution >= 4 is 23.0 Å². The molecule has 0 heterocycles. The van der Waals surface area contributed by atoms with Crippen molar-refractivity contribution in [1.82, 2.24) is 5.32 Å². The minimum atomic E-state index is 0.390. The molecule has 0 aromatic heterocycles. The first-order valence-corrected chi connectivity index (χ1v) is 7.87. The molecule has 4 heteroatoms. The molecule has 1 unspecified atom stereocenters. The van der Waals surface area contributed by atoms with Crippen LogP contribution in [0.25, 0.3) is 0 Å². The van der Waals surface area contributed by atoms with E-state index in [9.17, 15) is 0 Å². The first-order chi connectivity index (χ1) is 9.67. The lowest BCUT2D eigenvalue weighted by Gasteiger charge is -2.18. The zero-order valence-electron chi connectivity index (χ0n) is 12.7. The van der Waals surface area contributed by atoms with Crippen molar-refractivity contribution in [2.75, 3.05) is 11.9 Å². The lowest BCUT2D eigenvalue weighted by Crippen LogP contribution is -2.35. The predicted molar refractivity (Wildman–Crippen MR) is 90.6 cm³/mol. The normalized spacial score (nSPS) is 11.8. The molecule has 2 N–H and O–H groups in total. The molecule has 0 bridgehead atoms. The highest BCUT2D eigenvalue weighted by atomic mass is 32.1. The fourth-order valence-corrected chi connectivity index (χ4v) is 2.32. The van der Waals surface area contributed by atoms with Crippen molar-refractivity contribution in [1.29, 1.82) is 0 Å². The van der Waals surface area contributed by atoms with Gasteiger partial charge in [-0.15, -0.1) is 0 Å². The van der Waals surface area contributed by atoms with Crippen molar-refractivity contribution in [3.05, 3.63) is 24.3 Å². The Morgan fingerprint density at radius 2 is 2.00 bits per heavy atom. The molecule has 0 amide bonds. The molecule has 0 aliphatic rings. The van der Waals surface area contributed by atoms with Gasteiger partial charge in [0.25, 0.3) is 0 Å². The molecule has 3 nitrogen and oxygen atoms in total. The summed E-state index contributed by atoms with van der Waals surface area (Å²) in [6.07, 6.45) is 4.90. The van der Waals surface area contributed by atoms with Gasteiger partial charge in [-0.05, 0) is 44.6 Å². The van der Waals surface area contributed by atoms with E-state index in [1.165, 1.54) is 19.3 Å². The van der Waals surface area contributed by atoms with Gasteiger partial charge in [0.05, 0.1) is 12.3 Å². The van der Waals surface area contributed by atoms with E-state index >= 15 is 0 Å². The van der Waals surface area contributed by atoms with Crippen LogP contribution in [0.15, 0.2) is 24.3 Å². The second-order valence-electron chi connectivity index (χ2n) is 4.92. The van der Waals surface area contributed by atoms with Crippen molar-refractivity contribution in [2.45, 2.75) is 52.5 Å². The molecule has 1 aromatic rings. The zero-order valence-corrected chi connectivity index (χ0v) is 13.6. The van der Waals surface area contributed by atoms with Gasteiger partial charge in [0.1, 0.15) is 5.75 Å². The van der Waals surface area contributed by atoms with Crippen molar-refractivity contribution in [2.24, 2.45) is 0 Å². The summed E-state index contributed by atoms with van der Waals surface area (Å²) < 4.78 is 5.57. The average molecular weight is 294 g/mol. The highest BCUT2D eigenvalue weighted by molar-refractivity contribution is 7.80. The SMILES string of the molecule is CCCCCC(C)NC(=S)Nc1ccccc1OCC. The quantitative estimate of drug-likeness (QED) is 0.552. The number of benzene rings is 1. The molecule has 0 aliphatic heterocycles. The number of hydrogen-bond donors (Lipinski definition) is 2. The summed E-state index contributed by atoms with van der Waals surface area (Å²) in [4.78, 5) is 0. The van der Waals surface area contributed by atoms with Crippen LogP contribution in [0.2, 0.25) is 0 Å². The number of nitrogens with one attached hydrogen (secondary N) is 2. The van der Waals surface area contributed by atoms with Gasteiger partial charge in [0.2, 0.25) is 0 Å². The lowest BCUT2D eigenvalue weighted by molar-refractivity contribution is 0.342. The van der Waals surface area contributed by atoms with Crippen molar-refractivity contribution in [3.63, 3.8) is 0 Å². The average Bonchev–Trinajstić information content (AvgIpc) is 2.41. The minimum absolute atomic E-state index is 0.390. The Morgan fingerprint density at radius 3 is 2.70 bits per heavy atom. The first kappa shape index (κ1) is 16.8. The second-order valence-corrected chi connectivity index (χ2v) is 5.33. The van der Waals surface area contributed by atoms with Crippen LogP contribution in [0.1, 0.15) is 46.5 Å². The Bertz CT molecular complexity index is 409. The van der Waals surface area contributed by atoms with E-state index in [1.54, 1.807) is 0 Å². The third kappa shape index (κ3) is 6.24. The van der Waals surface area contributed by atoms with Crippen LogP contribution in [0, 0.1) is 0 Å². The fourth-order valence-electron chi connectivity index (χ4n) is 2.01. The molecule has 1 rings (SSSR count). The van der Waals surface area contributed by atoms with Crippen LogP contribution in [0.4, 0.5) is 5.69 Å². The van der Waals surface area contributed by atoms with Crippen LogP contribution >= 0.6 is 12.2 Å². The van der Waals surface area contributed by atoms with Crippen molar-refractivity contribution < 1.29 is 4.74 Å². The number of ether oxygens (including phenoxy) is 1. The van der Waals surface area contributed by atoms with E-state index in [4.69, 9.17) is 17.0 Å². The second kappa shape index (κ2) is 9.59. The van der Waals surface area contributed by atoms with E-state index in [0.29, 0.717) is 17.8 Å². The summed E-state index contributed by atoms with van der Waals surface area (Å²) in [5.41, 5.74) is 0.910. The van der Waals surface area contributed by atoms with E-state index in [2.05, 4.69) is 24.5 Å². The van der Waals surface area contributed by atoms with Gasteiger partial charge in [-0.1, -0.05) is 38.3 Å². The first-order valence-electron chi connectivity index (χ1n) is 7.46. The Hall–Kier alpha value is -1.29. The topological polar surface area (TPSA) is 33.3 Å². The number of unbranched alkanes of at least 4 members (excludes halogenated alkanes) is 2. The number of anilines is 1.